The number of para-hydroxylation sites is 1. The van der Waals surface area contributed by atoms with Crippen LogP contribution in [0.5, 0.6) is 11.5 Å². The van der Waals surface area contributed by atoms with Crippen molar-refractivity contribution in [2.45, 2.75) is 32.7 Å². The van der Waals surface area contributed by atoms with E-state index in [0.29, 0.717) is 5.92 Å². The molecule has 2 aromatic carbocycles. The maximum atomic E-state index is 6.17. The summed E-state index contributed by atoms with van der Waals surface area (Å²) in [5, 5.41) is 0. The van der Waals surface area contributed by atoms with Crippen LogP contribution >= 0.6 is 0 Å². The molecule has 0 fully saturated rings. The highest BCUT2D eigenvalue weighted by Crippen LogP contribution is 2.22. The summed E-state index contributed by atoms with van der Waals surface area (Å²) in [6.45, 7) is 4.41. The number of benzene rings is 2. The van der Waals surface area contributed by atoms with Crippen LogP contribution < -0.4 is 10.5 Å². The molecule has 0 aromatic heterocycles. The molecule has 1 unspecified atom stereocenters. The third-order valence-corrected chi connectivity index (χ3v) is 3.15. The molecule has 2 aromatic rings. The number of nitrogens with two attached hydrogens (primary N) is 1. The molecule has 0 aliphatic heterocycles. The molecule has 0 saturated heterocycles. The maximum absolute atomic E-state index is 6.17. The second-order valence-corrected chi connectivity index (χ2v) is 5.66. The third-order valence-electron chi connectivity index (χ3n) is 3.15. The zero-order valence-electron chi connectivity index (χ0n) is 12.3. The van der Waals surface area contributed by atoms with Gasteiger partial charge in [0.2, 0.25) is 0 Å². The second-order valence-electron chi connectivity index (χ2n) is 5.66. The molecule has 0 amide bonds. The molecule has 0 bridgehead atoms. The van der Waals surface area contributed by atoms with Gasteiger partial charge in [0.05, 0.1) is 0 Å². The van der Waals surface area contributed by atoms with Crippen molar-refractivity contribution in [1.82, 2.24) is 0 Å². The van der Waals surface area contributed by atoms with Crippen LogP contribution in [0.2, 0.25) is 0 Å². The van der Waals surface area contributed by atoms with Gasteiger partial charge in [0.1, 0.15) is 11.5 Å². The molecule has 20 heavy (non-hydrogen) atoms. The molecular weight excluding hydrogens is 246 g/mol. The van der Waals surface area contributed by atoms with Gasteiger partial charge in [-0.1, -0.05) is 44.2 Å². The van der Waals surface area contributed by atoms with Crippen LogP contribution in [-0.2, 0) is 6.42 Å². The van der Waals surface area contributed by atoms with E-state index in [1.807, 2.05) is 42.5 Å². The first kappa shape index (κ1) is 14.6. The predicted octanol–water partition coefficient (Wildman–Crippen LogP) is 4.39. The lowest BCUT2D eigenvalue weighted by Gasteiger charge is -2.14. The Morgan fingerprint density at radius 1 is 0.950 bits per heavy atom. The summed E-state index contributed by atoms with van der Waals surface area (Å²) in [5.74, 6) is 2.36. The average molecular weight is 269 g/mol. The largest absolute Gasteiger partial charge is 0.457 e. The summed E-state index contributed by atoms with van der Waals surface area (Å²) >= 11 is 0. The van der Waals surface area contributed by atoms with E-state index in [0.717, 1.165) is 24.3 Å². The predicted molar refractivity (Wildman–Crippen MR) is 84.1 cm³/mol. The molecule has 0 heterocycles. The molecule has 2 N–H and O–H groups in total. The minimum atomic E-state index is 0.210. The molecule has 2 rings (SSSR count). The second kappa shape index (κ2) is 7.11. The first-order valence-electron chi connectivity index (χ1n) is 7.21. The van der Waals surface area contributed by atoms with Crippen molar-refractivity contribution in [1.29, 1.82) is 0 Å². The summed E-state index contributed by atoms with van der Waals surface area (Å²) < 4.78 is 5.84. The highest BCUT2D eigenvalue weighted by molar-refractivity contribution is 5.34. The van der Waals surface area contributed by atoms with Crippen LogP contribution in [0.15, 0.2) is 54.6 Å². The molecule has 106 valence electrons. The van der Waals surface area contributed by atoms with Crippen LogP contribution in [-0.4, -0.2) is 6.04 Å². The average Bonchev–Trinajstić information content (AvgIpc) is 2.39. The van der Waals surface area contributed by atoms with Crippen molar-refractivity contribution in [2.75, 3.05) is 0 Å². The van der Waals surface area contributed by atoms with E-state index in [-0.39, 0.29) is 6.04 Å². The van der Waals surface area contributed by atoms with Crippen LogP contribution in [0.1, 0.15) is 25.8 Å². The van der Waals surface area contributed by atoms with Gasteiger partial charge < -0.3 is 10.5 Å². The van der Waals surface area contributed by atoms with Crippen LogP contribution in [0.25, 0.3) is 0 Å². The summed E-state index contributed by atoms with van der Waals surface area (Å²) in [6, 6.07) is 18.2. The number of ether oxygens (including phenoxy) is 1. The van der Waals surface area contributed by atoms with Crippen LogP contribution in [0, 0.1) is 5.92 Å². The van der Waals surface area contributed by atoms with Crippen LogP contribution in [0.4, 0.5) is 0 Å². The van der Waals surface area contributed by atoms with Gasteiger partial charge in [0.15, 0.2) is 0 Å². The van der Waals surface area contributed by atoms with E-state index < -0.39 is 0 Å². The van der Waals surface area contributed by atoms with E-state index in [2.05, 4.69) is 26.0 Å². The normalized spacial score (nSPS) is 12.4. The smallest absolute Gasteiger partial charge is 0.127 e. The summed E-state index contributed by atoms with van der Waals surface area (Å²) in [4.78, 5) is 0. The zero-order valence-corrected chi connectivity index (χ0v) is 12.3. The van der Waals surface area contributed by atoms with Crippen LogP contribution in [0.3, 0.4) is 0 Å². The van der Waals surface area contributed by atoms with Crippen molar-refractivity contribution >= 4 is 0 Å². The molecule has 2 nitrogen and oxygen atoms in total. The van der Waals surface area contributed by atoms with Gasteiger partial charge in [-0.05, 0) is 48.6 Å². The SMILES string of the molecule is CC(C)CC(N)Cc1cccc(Oc2ccccc2)c1. The fraction of sp³-hybridized carbons (Fsp3) is 0.333. The van der Waals surface area contributed by atoms with Gasteiger partial charge in [0, 0.05) is 6.04 Å². The fourth-order valence-corrected chi connectivity index (χ4v) is 2.35. The zero-order chi connectivity index (χ0) is 14.4. The molecule has 0 aliphatic rings. The van der Waals surface area contributed by atoms with Crippen molar-refractivity contribution in [2.24, 2.45) is 11.7 Å². The Bertz CT molecular complexity index is 522. The Kier molecular flexibility index (Phi) is 5.19. The summed E-state index contributed by atoms with van der Waals surface area (Å²) in [7, 11) is 0. The number of rotatable bonds is 6. The molecule has 0 aliphatic carbocycles. The quantitative estimate of drug-likeness (QED) is 0.843. The van der Waals surface area contributed by atoms with Gasteiger partial charge in [-0.25, -0.2) is 0 Å². The van der Waals surface area contributed by atoms with Crippen molar-refractivity contribution in [3.8, 4) is 11.5 Å². The Morgan fingerprint density at radius 3 is 2.35 bits per heavy atom. The minimum absolute atomic E-state index is 0.210. The molecular formula is C18H23NO. The van der Waals surface area contributed by atoms with E-state index >= 15 is 0 Å². The maximum Gasteiger partial charge on any atom is 0.127 e. The van der Waals surface area contributed by atoms with Gasteiger partial charge in [0.25, 0.3) is 0 Å². The van der Waals surface area contributed by atoms with E-state index in [9.17, 15) is 0 Å². The standard InChI is InChI=1S/C18H23NO/c1-14(2)11-16(19)12-15-7-6-10-18(13-15)20-17-8-4-3-5-9-17/h3-10,13-14,16H,11-12,19H2,1-2H3. The number of hydrogen-bond donors (Lipinski definition) is 1. The summed E-state index contributed by atoms with van der Waals surface area (Å²) in [5.41, 5.74) is 7.40. The lowest BCUT2D eigenvalue weighted by Crippen LogP contribution is -2.24. The minimum Gasteiger partial charge on any atom is -0.457 e. The molecule has 1 atom stereocenters. The Labute approximate surface area is 121 Å². The molecule has 2 heteroatoms. The van der Waals surface area contributed by atoms with Gasteiger partial charge in [-0.3, -0.25) is 0 Å². The van der Waals surface area contributed by atoms with Crippen molar-refractivity contribution in [3.05, 3.63) is 60.2 Å². The molecule has 0 spiro atoms. The highest BCUT2D eigenvalue weighted by atomic mass is 16.5. The van der Waals surface area contributed by atoms with E-state index in [4.69, 9.17) is 10.5 Å². The molecule has 0 radical (unpaired) electrons. The number of hydrogen-bond acceptors (Lipinski definition) is 2. The Morgan fingerprint density at radius 2 is 1.65 bits per heavy atom. The molecule has 0 saturated carbocycles. The first-order valence-corrected chi connectivity index (χ1v) is 7.21. The van der Waals surface area contributed by atoms with E-state index in [1.54, 1.807) is 0 Å². The monoisotopic (exact) mass is 269 g/mol. The van der Waals surface area contributed by atoms with Crippen molar-refractivity contribution < 1.29 is 4.74 Å². The lowest BCUT2D eigenvalue weighted by atomic mass is 9.98. The Hall–Kier alpha value is -1.80. The van der Waals surface area contributed by atoms with Gasteiger partial charge in [-0.2, -0.15) is 0 Å². The van der Waals surface area contributed by atoms with Crippen molar-refractivity contribution in [3.63, 3.8) is 0 Å². The van der Waals surface area contributed by atoms with Gasteiger partial charge in [-0.15, -0.1) is 0 Å². The third kappa shape index (κ3) is 4.71. The first-order chi connectivity index (χ1) is 9.63. The highest BCUT2D eigenvalue weighted by Gasteiger charge is 2.07. The topological polar surface area (TPSA) is 35.2 Å². The lowest BCUT2D eigenvalue weighted by molar-refractivity contribution is 0.477. The van der Waals surface area contributed by atoms with Gasteiger partial charge >= 0.3 is 0 Å². The van der Waals surface area contributed by atoms with E-state index in [1.165, 1.54) is 5.56 Å². The summed E-state index contributed by atoms with van der Waals surface area (Å²) in [6.07, 6.45) is 1.94. The Balaban J connectivity index is 2.01. The fourth-order valence-electron chi connectivity index (χ4n) is 2.35.